The molecule has 3 rings (SSSR count). The van der Waals surface area contributed by atoms with Crippen molar-refractivity contribution in [1.82, 2.24) is 9.21 Å². The van der Waals surface area contributed by atoms with Gasteiger partial charge in [0.1, 0.15) is 11.6 Å². The first-order valence-corrected chi connectivity index (χ1v) is 15.0. The van der Waals surface area contributed by atoms with E-state index in [-0.39, 0.29) is 47.2 Å². The van der Waals surface area contributed by atoms with Gasteiger partial charge in [-0.3, -0.25) is 4.79 Å². The topological polar surface area (TPSA) is 101 Å². The number of sulfonamides is 1. The minimum atomic E-state index is -3.83. The van der Waals surface area contributed by atoms with Crippen molar-refractivity contribution in [2.24, 2.45) is 5.41 Å². The van der Waals surface area contributed by atoms with Crippen LogP contribution in [0.1, 0.15) is 33.6 Å². The summed E-state index contributed by atoms with van der Waals surface area (Å²) in [5.41, 5.74) is -0.664. The van der Waals surface area contributed by atoms with E-state index < -0.39 is 25.3 Å². The minimum absolute atomic E-state index is 0.0170. The van der Waals surface area contributed by atoms with E-state index in [9.17, 15) is 26.0 Å². The molecule has 0 N–H and O–H groups in total. The maximum Gasteiger partial charge on any atom is 0.243 e. The fourth-order valence-electron chi connectivity index (χ4n) is 4.18. The van der Waals surface area contributed by atoms with Crippen LogP contribution in [-0.2, 0) is 24.7 Å². The second kappa shape index (κ2) is 10.9. The van der Waals surface area contributed by atoms with Crippen LogP contribution in [-0.4, -0.2) is 70.5 Å². The van der Waals surface area contributed by atoms with Gasteiger partial charge in [-0.05, 0) is 68.3 Å². The van der Waals surface area contributed by atoms with Gasteiger partial charge in [-0.25, -0.2) is 21.2 Å². The highest BCUT2D eigenvalue weighted by atomic mass is 32.2. The molecule has 1 heterocycles. The molecule has 1 atom stereocenters. The van der Waals surface area contributed by atoms with E-state index in [1.54, 1.807) is 17.0 Å². The lowest BCUT2D eigenvalue weighted by molar-refractivity contribution is -0.144. The zero-order valence-corrected chi connectivity index (χ0v) is 22.6. The lowest BCUT2D eigenvalue weighted by Crippen LogP contribution is -2.57. The molecule has 0 radical (unpaired) electrons. The Bertz CT molecular complexity index is 1280. The van der Waals surface area contributed by atoms with Crippen molar-refractivity contribution < 1.29 is 30.8 Å². The smallest absolute Gasteiger partial charge is 0.243 e. The molecular formula is C25H33FN2O6S2. The maximum atomic E-state index is 13.3. The van der Waals surface area contributed by atoms with E-state index in [1.165, 1.54) is 40.7 Å². The van der Waals surface area contributed by atoms with E-state index >= 15 is 0 Å². The van der Waals surface area contributed by atoms with Gasteiger partial charge in [-0.1, -0.05) is 13.8 Å². The predicted octanol–water partition coefficient (Wildman–Crippen LogP) is 3.34. The Balaban J connectivity index is 1.57. The molecule has 0 bridgehead atoms. The number of piperazine rings is 1. The SMILES string of the molecule is CC1CN(S(=O)(=O)c2ccc(S(C)(=O)=O)cc2)CCN1C(=O)C(C)(C)CCCOc1ccc(F)cc1. The Labute approximate surface area is 213 Å². The average molecular weight is 541 g/mol. The zero-order valence-electron chi connectivity index (χ0n) is 21.0. The van der Waals surface area contributed by atoms with Gasteiger partial charge in [0.05, 0.1) is 16.4 Å². The molecule has 1 saturated heterocycles. The average Bonchev–Trinajstić information content (AvgIpc) is 2.82. The molecule has 1 amide bonds. The fourth-order valence-corrected chi connectivity index (χ4v) is 6.33. The number of carbonyl (C=O) groups is 1. The van der Waals surface area contributed by atoms with Crippen LogP contribution < -0.4 is 4.74 Å². The van der Waals surface area contributed by atoms with Gasteiger partial charge in [0, 0.05) is 37.3 Å². The molecule has 1 unspecified atom stereocenters. The molecule has 36 heavy (non-hydrogen) atoms. The fraction of sp³-hybridized carbons (Fsp3) is 0.480. The summed E-state index contributed by atoms with van der Waals surface area (Å²) < 4.78 is 69.5. The van der Waals surface area contributed by atoms with Crippen LogP contribution in [0.5, 0.6) is 5.75 Å². The second-order valence-electron chi connectivity index (χ2n) is 9.74. The lowest BCUT2D eigenvalue weighted by Gasteiger charge is -2.42. The van der Waals surface area contributed by atoms with Gasteiger partial charge < -0.3 is 9.64 Å². The molecule has 2 aromatic rings. The standard InChI is InChI=1S/C25H33FN2O6S2/c1-19-18-27(36(32,33)23-12-10-22(11-13-23)35(4,30)31)15-16-28(19)24(29)25(2,3)14-5-17-34-21-8-6-20(26)7-9-21/h6-13,19H,5,14-18H2,1-4H3. The Morgan fingerprint density at radius 1 is 1.00 bits per heavy atom. The van der Waals surface area contributed by atoms with Crippen LogP contribution in [0.15, 0.2) is 58.3 Å². The first kappa shape index (κ1) is 28.1. The minimum Gasteiger partial charge on any atom is -0.494 e. The van der Waals surface area contributed by atoms with Gasteiger partial charge in [-0.15, -0.1) is 0 Å². The summed E-state index contributed by atoms with van der Waals surface area (Å²) in [6, 6.07) is 10.6. The highest BCUT2D eigenvalue weighted by Gasteiger charge is 2.39. The predicted molar refractivity (Wildman–Crippen MR) is 134 cm³/mol. The Morgan fingerprint density at radius 3 is 2.14 bits per heavy atom. The van der Waals surface area contributed by atoms with Gasteiger partial charge in [-0.2, -0.15) is 4.31 Å². The first-order valence-electron chi connectivity index (χ1n) is 11.7. The summed E-state index contributed by atoms with van der Waals surface area (Å²) in [6.07, 6.45) is 2.27. The molecule has 0 saturated carbocycles. The van der Waals surface area contributed by atoms with Crippen molar-refractivity contribution >= 4 is 25.8 Å². The third-order valence-electron chi connectivity index (χ3n) is 6.35. The number of rotatable bonds is 9. The quantitative estimate of drug-likeness (QED) is 0.452. The Hall–Kier alpha value is -2.50. The van der Waals surface area contributed by atoms with Crippen molar-refractivity contribution in [3.05, 3.63) is 54.3 Å². The third kappa shape index (κ3) is 6.63. The van der Waals surface area contributed by atoms with Gasteiger partial charge >= 0.3 is 0 Å². The molecule has 11 heteroatoms. The number of carbonyl (C=O) groups excluding carboxylic acids is 1. The van der Waals surface area contributed by atoms with Crippen LogP contribution >= 0.6 is 0 Å². The van der Waals surface area contributed by atoms with Gasteiger partial charge in [0.25, 0.3) is 0 Å². The van der Waals surface area contributed by atoms with E-state index in [0.29, 0.717) is 25.2 Å². The monoisotopic (exact) mass is 540 g/mol. The number of sulfone groups is 1. The summed E-state index contributed by atoms with van der Waals surface area (Å²) in [6.45, 7) is 6.50. The summed E-state index contributed by atoms with van der Waals surface area (Å²) in [5, 5.41) is 0. The Morgan fingerprint density at radius 2 is 1.58 bits per heavy atom. The van der Waals surface area contributed by atoms with Crippen LogP contribution in [0.3, 0.4) is 0 Å². The molecule has 2 aromatic carbocycles. The largest absolute Gasteiger partial charge is 0.494 e. The summed E-state index contributed by atoms with van der Waals surface area (Å²) in [7, 11) is -7.26. The molecule has 1 aliphatic heterocycles. The normalized spacial score (nSPS) is 17.7. The lowest BCUT2D eigenvalue weighted by atomic mass is 9.85. The van der Waals surface area contributed by atoms with Gasteiger partial charge in [0.2, 0.25) is 15.9 Å². The highest BCUT2D eigenvalue weighted by molar-refractivity contribution is 7.90. The van der Waals surface area contributed by atoms with Crippen LogP contribution in [0.4, 0.5) is 4.39 Å². The molecule has 198 valence electrons. The number of nitrogens with zero attached hydrogens (tertiary/aromatic N) is 2. The van der Waals surface area contributed by atoms with Crippen LogP contribution in [0, 0.1) is 11.2 Å². The second-order valence-corrected chi connectivity index (χ2v) is 13.7. The van der Waals surface area contributed by atoms with Crippen molar-refractivity contribution in [2.75, 3.05) is 32.5 Å². The number of hydrogen-bond acceptors (Lipinski definition) is 6. The summed E-state index contributed by atoms with van der Waals surface area (Å²) >= 11 is 0. The van der Waals surface area contributed by atoms with E-state index in [2.05, 4.69) is 0 Å². The van der Waals surface area contributed by atoms with Crippen molar-refractivity contribution in [1.29, 1.82) is 0 Å². The molecule has 0 aromatic heterocycles. The van der Waals surface area contributed by atoms with E-state index in [4.69, 9.17) is 4.74 Å². The highest BCUT2D eigenvalue weighted by Crippen LogP contribution is 2.29. The Kier molecular flexibility index (Phi) is 8.47. The van der Waals surface area contributed by atoms with Crippen LogP contribution in [0.2, 0.25) is 0 Å². The number of benzene rings is 2. The molecule has 8 nitrogen and oxygen atoms in total. The van der Waals surface area contributed by atoms with Crippen molar-refractivity contribution in [3.63, 3.8) is 0 Å². The molecular weight excluding hydrogens is 507 g/mol. The van der Waals surface area contributed by atoms with Gasteiger partial charge in [0.15, 0.2) is 9.84 Å². The zero-order chi connectivity index (χ0) is 26.7. The van der Waals surface area contributed by atoms with Crippen LogP contribution in [0.25, 0.3) is 0 Å². The summed E-state index contributed by atoms with van der Waals surface area (Å²) in [4.78, 5) is 15.1. The number of halogens is 1. The van der Waals surface area contributed by atoms with E-state index in [0.717, 1.165) is 6.26 Å². The third-order valence-corrected chi connectivity index (χ3v) is 9.36. The molecule has 0 spiro atoms. The summed E-state index contributed by atoms with van der Waals surface area (Å²) in [5.74, 6) is 0.185. The maximum absolute atomic E-state index is 13.3. The number of ether oxygens (including phenoxy) is 1. The van der Waals surface area contributed by atoms with Crippen molar-refractivity contribution in [2.45, 2.75) is 49.4 Å². The number of amides is 1. The molecule has 1 fully saturated rings. The molecule has 1 aliphatic rings. The number of hydrogen-bond donors (Lipinski definition) is 0. The first-order chi connectivity index (χ1) is 16.7. The van der Waals surface area contributed by atoms with Crippen molar-refractivity contribution in [3.8, 4) is 5.75 Å². The van der Waals surface area contributed by atoms with E-state index in [1.807, 2.05) is 20.8 Å². The molecule has 0 aliphatic carbocycles.